The minimum absolute atomic E-state index is 0.0723. The van der Waals surface area contributed by atoms with E-state index in [1.54, 1.807) is 23.1 Å². The van der Waals surface area contributed by atoms with Crippen molar-refractivity contribution in [3.63, 3.8) is 0 Å². The number of amides is 1. The van der Waals surface area contributed by atoms with E-state index in [4.69, 9.17) is 9.47 Å². The van der Waals surface area contributed by atoms with Crippen LogP contribution in [-0.2, 0) is 9.59 Å². The van der Waals surface area contributed by atoms with Gasteiger partial charge in [0.1, 0.15) is 23.0 Å². The van der Waals surface area contributed by atoms with Crippen LogP contribution in [0.25, 0.3) is 5.76 Å². The normalized spacial score (nSPS) is 16.5. The highest BCUT2D eigenvalue weighted by atomic mass is 16.5. The summed E-state index contributed by atoms with van der Waals surface area (Å²) in [6.45, 7) is 11.3. The average Bonchev–Trinajstić information content (AvgIpc) is 3.22. The first-order chi connectivity index (χ1) is 19.4. The summed E-state index contributed by atoms with van der Waals surface area (Å²) in [5, 5.41) is 11.5. The zero-order valence-corrected chi connectivity index (χ0v) is 23.7. The maximum atomic E-state index is 13.5. The van der Waals surface area contributed by atoms with Gasteiger partial charge >= 0.3 is 0 Å². The fourth-order valence-electron chi connectivity index (χ4n) is 4.95. The van der Waals surface area contributed by atoms with E-state index >= 15 is 0 Å². The molecule has 210 valence electrons. The van der Waals surface area contributed by atoms with E-state index in [0.717, 1.165) is 30.8 Å². The molecular weight excluding hydrogens is 504 g/mol. The van der Waals surface area contributed by atoms with Gasteiger partial charge in [-0.05, 0) is 80.0 Å². The number of likely N-dealkylation sites (N-methyl/N-ethyl adjacent to an activating group) is 1. The Morgan fingerprint density at radius 3 is 2.33 bits per heavy atom. The minimum atomic E-state index is -0.758. The smallest absolute Gasteiger partial charge is 0.295 e. The molecule has 0 spiro atoms. The lowest BCUT2D eigenvalue weighted by Gasteiger charge is -2.28. The lowest BCUT2D eigenvalue weighted by Crippen LogP contribution is -2.38. The van der Waals surface area contributed by atoms with Gasteiger partial charge in [-0.1, -0.05) is 51.1 Å². The Labute approximate surface area is 236 Å². The van der Waals surface area contributed by atoms with Gasteiger partial charge in [-0.15, -0.1) is 0 Å². The van der Waals surface area contributed by atoms with Crippen LogP contribution in [0.5, 0.6) is 17.2 Å². The molecule has 1 N–H and O–H groups in total. The topological polar surface area (TPSA) is 79.3 Å². The van der Waals surface area contributed by atoms with Gasteiger partial charge in [-0.25, -0.2) is 0 Å². The second-order valence-electron chi connectivity index (χ2n) is 9.84. The monoisotopic (exact) mass is 542 g/mol. The Hall–Kier alpha value is -4.10. The molecular formula is C33H38N2O5. The number of Topliss-reactive ketones (excluding diaryl/α,β-unsaturated/α-hetero) is 1. The molecule has 0 saturated carbocycles. The summed E-state index contributed by atoms with van der Waals surface area (Å²) in [6.07, 6.45) is 0.880. The summed E-state index contributed by atoms with van der Waals surface area (Å²) < 4.78 is 11.8. The van der Waals surface area contributed by atoms with Gasteiger partial charge in [-0.3, -0.25) is 9.59 Å². The molecule has 1 heterocycles. The van der Waals surface area contributed by atoms with Crippen molar-refractivity contribution in [3.8, 4) is 17.2 Å². The summed E-state index contributed by atoms with van der Waals surface area (Å²) in [4.78, 5) is 30.7. The van der Waals surface area contributed by atoms with Crippen molar-refractivity contribution in [1.29, 1.82) is 0 Å². The van der Waals surface area contributed by atoms with E-state index in [2.05, 4.69) is 18.7 Å². The van der Waals surface area contributed by atoms with Crippen LogP contribution in [0, 0.1) is 6.92 Å². The molecule has 1 aliphatic heterocycles. The van der Waals surface area contributed by atoms with Crippen molar-refractivity contribution >= 4 is 17.4 Å². The number of aryl methyl sites for hydroxylation is 1. The van der Waals surface area contributed by atoms with E-state index in [-0.39, 0.29) is 11.3 Å². The molecule has 0 radical (unpaired) electrons. The summed E-state index contributed by atoms with van der Waals surface area (Å²) in [5.41, 5.74) is 2.06. The van der Waals surface area contributed by atoms with Crippen LogP contribution >= 0.6 is 0 Å². The highest BCUT2D eigenvalue weighted by Gasteiger charge is 2.46. The lowest BCUT2D eigenvalue weighted by atomic mass is 9.94. The number of rotatable bonds is 12. The first-order valence-corrected chi connectivity index (χ1v) is 13.9. The maximum Gasteiger partial charge on any atom is 0.295 e. The van der Waals surface area contributed by atoms with Gasteiger partial charge in [0.05, 0.1) is 18.2 Å². The fourth-order valence-corrected chi connectivity index (χ4v) is 4.95. The van der Waals surface area contributed by atoms with E-state index < -0.39 is 17.7 Å². The average molecular weight is 543 g/mol. The van der Waals surface area contributed by atoms with E-state index in [9.17, 15) is 14.7 Å². The number of hydrogen-bond donors (Lipinski definition) is 1. The quantitative estimate of drug-likeness (QED) is 0.163. The zero-order valence-electron chi connectivity index (χ0n) is 23.7. The molecule has 1 amide bonds. The molecule has 1 saturated heterocycles. The second kappa shape index (κ2) is 13.3. The van der Waals surface area contributed by atoms with Crippen molar-refractivity contribution in [2.45, 2.75) is 40.2 Å². The molecule has 4 rings (SSSR count). The van der Waals surface area contributed by atoms with Crippen LogP contribution in [0.3, 0.4) is 0 Å². The summed E-state index contributed by atoms with van der Waals surface area (Å²) in [5.74, 6) is 0.462. The van der Waals surface area contributed by atoms with Gasteiger partial charge in [-0.2, -0.15) is 0 Å². The Morgan fingerprint density at radius 2 is 1.65 bits per heavy atom. The summed E-state index contributed by atoms with van der Waals surface area (Å²) in [7, 11) is 0. The molecule has 1 atom stereocenters. The molecule has 40 heavy (non-hydrogen) atoms. The number of aliphatic hydroxyl groups is 1. The van der Waals surface area contributed by atoms with E-state index in [1.807, 2.05) is 68.4 Å². The number of carbonyl (C=O) groups is 2. The third kappa shape index (κ3) is 6.37. The number of aliphatic hydroxyl groups excluding tert-OH is 1. The third-order valence-corrected chi connectivity index (χ3v) is 7.15. The highest BCUT2D eigenvalue weighted by Crippen LogP contribution is 2.41. The van der Waals surface area contributed by atoms with Crippen molar-refractivity contribution in [1.82, 2.24) is 9.80 Å². The number of para-hydroxylation sites is 1. The zero-order chi connectivity index (χ0) is 28.6. The van der Waals surface area contributed by atoms with Crippen LogP contribution in [0.15, 0.2) is 78.4 Å². The number of likely N-dealkylation sites (tertiary alicyclic amines) is 1. The fraction of sp³-hybridized carbons (Fsp3) is 0.333. The SMILES string of the molecule is CCCOc1ccc(C(O)=C2C(=O)C(=O)N(CCN(CC)CC)C2c2cccc(Oc3ccccc3)c2)cc1C. The van der Waals surface area contributed by atoms with Crippen molar-refractivity contribution in [3.05, 3.63) is 95.1 Å². The van der Waals surface area contributed by atoms with Crippen LogP contribution < -0.4 is 9.47 Å². The van der Waals surface area contributed by atoms with E-state index in [0.29, 0.717) is 42.3 Å². The van der Waals surface area contributed by atoms with Gasteiger partial charge in [0.15, 0.2) is 0 Å². The molecule has 0 aromatic heterocycles. The molecule has 1 aliphatic rings. The molecule has 7 heteroatoms. The maximum absolute atomic E-state index is 13.5. The Balaban J connectivity index is 1.77. The van der Waals surface area contributed by atoms with Crippen molar-refractivity contribution in [2.75, 3.05) is 32.8 Å². The van der Waals surface area contributed by atoms with Crippen LogP contribution in [0.2, 0.25) is 0 Å². The number of nitrogens with zero attached hydrogens (tertiary/aromatic N) is 2. The lowest BCUT2D eigenvalue weighted by molar-refractivity contribution is -0.140. The Bertz CT molecular complexity index is 1360. The van der Waals surface area contributed by atoms with Gasteiger partial charge in [0.2, 0.25) is 0 Å². The Morgan fingerprint density at radius 1 is 0.925 bits per heavy atom. The van der Waals surface area contributed by atoms with E-state index in [1.165, 1.54) is 0 Å². The largest absolute Gasteiger partial charge is 0.507 e. The molecule has 3 aromatic carbocycles. The highest BCUT2D eigenvalue weighted by molar-refractivity contribution is 6.46. The molecule has 0 bridgehead atoms. The molecule has 7 nitrogen and oxygen atoms in total. The third-order valence-electron chi connectivity index (χ3n) is 7.15. The van der Waals surface area contributed by atoms with Crippen molar-refractivity contribution < 1.29 is 24.2 Å². The number of ether oxygens (including phenoxy) is 2. The molecule has 1 unspecified atom stereocenters. The minimum Gasteiger partial charge on any atom is -0.507 e. The molecule has 3 aromatic rings. The van der Waals surface area contributed by atoms with Gasteiger partial charge in [0, 0.05) is 18.7 Å². The van der Waals surface area contributed by atoms with Crippen molar-refractivity contribution in [2.24, 2.45) is 0 Å². The number of ketones is 1. The Kier molecular flexibility index (Phi) is 9.61. The number of benzene rings is 3. The first kappa shape index (κ1) is 28.9. The molecule has 1 fully saturated rings. The van der Waals surface area contributed by atoms with Gasteiger partial charge in [0.25, 0.3) is 11.7 Å². The first-order valence-electron chi connectivity index (χ1n) is 13.9. The predicted octanol–water partition coefficient (Wildman–Crippen LogP) is 6.34. The predicted molar refractivity (Wildman–Crippen MR) is 157 cm³/mol. The van der Waals surface area contributed by atoms with Crippen LogP contribution in [0.1, 0.15) is 49.9 Å². The number of hydrogen-bond acceptors (Lipinski definition) is 6. The van der Waals surface area contributed by atoms with Crippen LogP contribution in [0.4, 0.5) is 0 Å². The summed E-state index contributed by atoms with van der Waals surface area (Å²) in [6, 6.07) is 21.3. The van der Waals surface area contributed by atoms with Gasteiger partial charge < -0.3 is 24.4 Å². The summed E-state index contributed by atoms with van der Waals surface area (Å²) >= 11 is 0. The standard InChI is InChI=1S/C33H38N2O5/c1-5-20-39-28-17-16-25(21-23(28)4)31(36)29-30(35(33(38)32(29)37)19-18-34(6-2)7-3)24-12-11-15-27(22-24)40-26-13-9-8-10-14-26/h8-17,21-22,30,36H,5-7,18-20H2,1-4H3. The van der Waals surface area contributed by atoms with Crippen LogP contribution in [-0.4, -0.2) is 59.4 Å². The second-order valence-corrected chi connectivity index (χ2v) is 9.84. The molecule has 0 aliphatic carbocycles. The number of carbonyl (C=O) groups excluding carboxylic acids is 2.